The molecule has 1 aromatic rings. The number of hydrogen-bond donors (Lipinski definition) is 6. The van der Waals surface area contributed by atoms with E-state index < -0.39 is 59.6 Å². The number of hydrazine groups is 1. The van der Waals surface area contributed by atoms with E-state index in [1.165, 1.54) is 4.90 Å². The van der Waals surface area contributed by atoms with Crippen LogP contribution in [0.15, 0.2) is 42.1 Å². The number of quaternary nitrogens is 1. The minimum Gasteiger partial charge on any atom is -0.391 e. The molecule has 0 aromatic heterocycles. The SMILES string of the molecule is CCC(=CNCCCCC(=O)NC(C(=O)NC(C(=O)N1CC(CC)CCC2C[N+]2(C(CC(CC)CC)C(=O)C(=O)NC(C)c2ccccc2)C1=O)C(C)C)C(C)C)CNN. The lowest BCUT2D eigenvalue weighted by molar-refractivity contribution is -0.752. The van der Waals surface area contributed by atoms with Crippen LogP contribution in [0.25, 0.3) is 0 Å². The van der Waals surface area contributed by atoms with Crippen molar-refractivity contribution < 1.29 is 33.3 Å². The van der Waals surface area contributed by atoms with Crippen molar-refractivity contribution in [2.45, 2.75) is 157 Å². The van der Waals surface area contributed by atoms with Crippen LogP contribution in [0, 0.1) is 23.7 Å². The minimum absolute atomic E-state index is 0.0398. The van der Waals surface area contributed by atoms with Crippen molar-refractivity contribution in [3.05, 3.63) is 47.7 Å². The summed E-state index contributed by atoms with van der Waals surface area (Å²) in [6.45, 7) is 19.1. The van der Waals surface area contributed by atoms with Crippen molar-refractivity contribution in [2.24, 2.45) is 29.5 Å². The Balaban J connectivity index is 1.85. The topological polar surface area (TPSA) is 192 Å². The molecular formula is C46H77N8O6+. The van der Waals surface area contributed by atoms with Crippen molar-refractivity contribution in [2.75, 3.05) is 26.2 Å². The van der Waals surface area contributed by atoms with Gasteiger partial charge in [0, 0.05) is 38.9 Å². The van der Waals surface area contributed by atoms with Crippen molar-refractivity contribution in [1.29, 1.82) is 0 Å². The van der Waals surface area contributed by atoms with E-state index in [4.69, 9.17) is 5.84 Å². The van der Waals surface area contributed by atoms with Gasteiger partial charge in [0.1, 0.15) is 24.7 Å². The lowest BCUT2D eigenvalue weighted by Crippen LogP contribution is -2.64. The van der Waals surface area contributed by atoms with Gasteiger partial charge < -0.3 is 21.3 Å². The lowest BCUT2D eigenvalue weighted by atomic mass is 9.90. The molecule has 336 valence electrons. The number of hydrogen-bond acceptors (Lipinski definition) is 9. The molecule has 2 heterocycles. The van der Waals surface area contributed by atoms with Crippen LogP contribution in [0.5, 0.6) is 0 Å². The third kappa shape index (κ3) is 13.4. The summed E-state index contributed by atoms with van der Waals surface area (Å²) in [5.74, 6) is 2.23. The summed E-state index contributed by atoms with van der Waals surface area (Å²) in [7, 11) is 0. The van der Waals surface area contributed by atoms with Crippen LogP contribution in [0.1, 0.15) is 138 Å². The highest BCUT2D eigenvalue weighted by Crippen LogP contribution is 2.45. The maximum atomic E-state index is 15.2. The Morgan fingerprint density at radius 1 is 0.883 bits per heavy atom. The highest BCUT2D eigenvalue weighted by atomic mass is 16.2. The Labute approximate surface area is 359 Å². The number of urea groups is 1. The largest absolute Gasteiger partial charge is 0.427 e. The van der Waals surface area contributed by atoms with E-state index in [9.17, 15) is 24.0 Å². The summed E-state index contributed by atoms with van der Waals surface area (Å²) >= 11 is 0. The van der Waals surface area contributed by atoms with E-state index in [2.05, 4.69) is 47.5 Å². The Kier molecular flexibility index (Phi) is 20.4. The highest BCUT2D eigenvalue weighted by molar-refractivity contribution is 6.38. The molecule has 60 heavy (non-hydrogen) atoms. The fourth-order valence-electron chi connectivity index (χ4n) is 8.50. The van der Waals surface area contributed by atoms with Crippen LogP contribution in [0.4, 0.5) is 4.79 Å². The zero-order valence-electron chi connectivity index (χ0n) is 38.0. The molecule has 2 aliphatic rings. The first-order valence-corrected chi connectivity index (χ1v) is 22.7. The Hall–Kier alpha value is -4.14. The van der Waals surface area contributed by atoms with Gasteiger partial charge in [0.15, 0.2) is 6.04 Å². The summed E-state index contributed by atoms with van der Waals surface area (Å²) < 4.78 is -0.259. The number of Topliss-reactive ketones (excluding diaryl/α,β-unsaturated/α-hetero) is 1. The maximum Gasteiger partial charge on any atom is 0.427 e. The Morgan fingerprint density at radius 2 is 1.55 bits per heavy atom. The number of carbonyl (C=O) groups excluding carboxylic acids is 6. The molecule has 14 nitrogen and oxygen atoms in total. The normalized spacial score (nSPS) is 21.3. The first-order valence-electron chi connectivity index (χ1n) is 22.7. The maximum absolute atomic E-state index is 15.2. The Bertz CT molecular complexity index is 1610. The molecule has 14 heteroatoms. The van der Waals surface area contributed by atoms with Gasteiger partial charge in [-0.3, -0.25) is 35.2 Å². The summed E-state index contributed by atoms with van der Waals surface area (Å²) in [5, 5.41) is 12.0. The monoisotopic (exact) mass is 838 g/mol. The molecule has 0 saturated carbocycles. The molecular weight excluding hydrogens is 761 g/mol. The number of fused-ring (bicyclic) bond motifs is 1. The van der Waals surface area contributed by atoms with Gasteiger partial charge in [-0.1, -0.05) is 105 Å². The predicted molar refractivity (Wildman–Crippen MR) is 235 cm³/mol. The molecule has 2 fully saturated rings. The molecule has 6 amide bonds. The average molecular weight is 838 g/mol. The summed E-state index contributed by atoms with van der Waals surface area (Å²) in [4.78, 5) is 86.7. The number of rotatable bonds is 25. The van der Waals surface area contributed by atoms with Gasteiger partial charge in [-0.25, -0.2) is 14.2 Å². The lowest BCUT2D eigenvalue weighted by Gasteiger charge is -2.37. The van der Waals surface area contributed by atoms with Crippen LogP contribution in [-0.2, 0) is 24.0 Å². The van der Waals surface area contributed by atoms with Crippen LogP contribution in [0.3, 0.4) is 0 Å². The van der Waals surface area contributed by atoms with Gasteiger partial charge in [0.05, 0.1) is 6.04 Å². The first kappa shape index (κ1) is 50.2. The molecule has 1 aromatic carbocycles. The molecule has 7 atom stereocenters. The molecule has 2 saturated heterocycles. The summed E-state index contributed by atoms with van der Waals surface area (Å²) in [5.41, 5.74) is 4.65. The van der Waals surface area contributed by atoms with Crippen molar-refractivity contribution in [3.63, 3.8) is 0 Å². The van der Waals surface area contributed by atoms with Crippen LogP contribution in [0.2, 0.25) is 0 Å². The summed E-state index contributed by atoms with van der Waals surface area (Å²) in [6, 6.07) is 5.40. The fourth-order valence-corrected chi connectivity index (χ4v) is 8.50. The number of amides is 6. The quantitative estimate of drug-likeness (QED) is 0.0187. The van der Waals surface area contributed by atoms with E-state index in [1.54, 1.807) is 0 Å². The van der Waals surface area contributed by atoms with Crippen LogP contribution < -0.4 is 32.5 Å². The van der Waals surface area contributed by atoms with E-state index in [1.807, 2.05) is 78.1 Å². The van der Waals surface area contributed by atoms with E-state index in [0.717, 1.165) is 49.7 Å². The number of nitrogens with two attached hydrogens (primary N) is 1. The van der Waals surface area contributed by atoms with Crippen molar-refractivity contribution >= 4 is 35.4 Å². The zero-order chi connectivity index (χ0) is 44.6. The molecule has 0 bridgehead atoms. The standard InChI is InChI=1S/C46H76N8O6/c1-10-33(11-2)25-38(42(56)44(58)50-32(9)36-19-15-14-16-20-36)54-29-37(54)23-22-34(12-3)28-53(46(54)60)45(59)41(31(7)8)52-43(57)40(30(5)6)51-39(55)21-17-18-24-48-26-35(13-4)27-49-47/h14-16,19-20,26,30-34,37-38,40-41,48H,10-13,17-18,21-25,27-29H2,1-9H3,(H5-,47,49,50,51,52,55,56,57,58)/p+1. The average Bonchev–Trinajstić information content (AvgIpc) is 3.96. The molecule has 2 aliphatic heterocycles. The first-order chi connectivity index (χ1) is 28.6. The fraction of sp³-hybridized carbons (Fsp3) is 0.696. The smallest absolute Gasteiger partial charge is 0.391 e. The van der Waals surface area contributed by atoms with Crippen molar-refractivity contribution in [3.8, 4) is 0 Å². The Morgan fingerprint density at radius 3 is 2.13 bits per heavy atom. The number of imide groups is 1. The van der Waals surface area contributed by atoms with E-state index in [-0.39, 0.29) is 47.2 Å². The molecule has 0 spiro atoms. The second kappa shape index (κ2) is 24.3. The van der Waals surface area contributed by atoms with Crippen molar-refractivity contribution in [1.82, 2.24) is 31.6 Å². The molecule has 7 N–H and O–H groups in total. The van der Waals surface area contributed by atoms with E-state index >= 15 is 4.79 Å². The van der Waals surface area contributed by atoms with E-state index in [0.29, 0.717) is 38.9 Å². The number of nitrogens with zero attached hydrogens (tertiary/aromatic N) is 2. The number of unbranched alkanes of at least 4 members (excludes halogenated alkanes) is 1. The van der Waals surface area contributed by atoms with Gasteiger partial charge >= 0.3 is 6.03 Å². The van der Waals surface area contributed by atoms with Gasteiger partial charge in [0.2, 0.25) is 11.8 Å². The number of nitrogens with one attached hydrogen (secondary N) is 5. The highest BCUT2D eigenvalue weighted by Gasteiger charge is 2.70. The van der Waals surface area contributed by atoms with Gasteiger partial charge in [-0.2, -0.15) is 0 Å². The third-order valence-electron chi connectivity index (χ3n) is 12.8. The summed E-state index contributed by atoms with van der Waals surface area (Å²) in [6.07, 6.45) is 8.54. The molecule has 0 aliphatic carbocycles. The van der Waals surface area contributed by atoms with Gasteiger partial charge in [0.25, 0.3) is 17.6 Å². The van der Waals surface area contributed by atoms with Crippen LogP contribution in [-0.4, -0.2) is 95.2 Å². The van der Waals surface area contributed by atoms with Gasteiger partial charge in [-0.05, 0) is 73.6 Å². The van der Waals surface area contributed by atoms with Gasteiger partial charge in [-0.15, -0.1) is 0 Å². The molecule has 7 unspecified atom stereocenters. The number of benzene rings is 1. The predicted octanol–water partition coefficient (Wildman–Crippen LogP) is 5.39. The second-order valence-corrected chi connectivity index (χ2v) is 17.7. The zero-order valence-corrected chi connectivity index (χ0v) is 38.0. The molecule has 3 rings (SSSR count). The number of ketones is 1. The number of carbonyl (C=O) groups is 6. The van der Waals surface area contributed by atoms with Crippen LogP contribution >= 0.6 is 0 Å². The minimum atomic E-state index is -1.07. The second-order valence-electron chi connectivity index (χ2n) is 17.7. The molecule has 0 radical (unpaired) electrons. The third-order valence-corrected chi connectivity index (χ3v) is 12.8.